The number of amides is 1. The predicted octanol–water partition coefficient (Wildman–Crippen LogP) is 4.12. The fraction of sp³-hybridized carbons (Fsp3) is 0.292. The molecule has 0 saturated carbocycles. The summed E-state index contributed by atoms with van der Waals surface area (Å²) in [6.45, 7) is 4.49. The van der Waals surface area contributed by atoms with Crippen LogP contribution in [0.1, 0.15) is 9.67 Å². The third kappa shape index (κ3) is 4.83. The van der Waals surface area contributed by atoms with E-state index in [-0.39, 0.29) is 5.91 Å². The second-order valence-corrected chi connectivity index (χ2v) is 8.34. The second kappa shape index (κ2) is 9.78. The fourth-order valence-corrected chi connectivity index (χ4v) is 4.70. The maximum atomic E-state index is 12.9. The number of morpholine rings is 1. The van der Waals surface area contributed by atoms with E-state index in [1.165, 1.54) is 0 Å². The first-order valence-corrected chi connectivity index (χ1v) is 11.1. The fourth-order valence-electron chi connectivity index (χ4n) is 3.56. The molecule has 1 amide bonds. The van der Waals surface area contributed by atoms with Crippen LogP contribution in [0, 0.1) is 0 Å². The predicted molar refractivity (Wildman–Crippen MR) is 125 cm³/mol. The Labute approximate surface area is 181 Å². The molecule has 30 heavy (non-hydrogen) atoms. The van der Waals surface area contributed by atoms with Crippen LogP contribution in [0.2, 0.25) is 0 Å². The van der Waals surface area contributed by atoms with Crippen molar-refractivity contribution in [2.45, 2.75) is 0 Å². The number of ether oxygens (including phenoxy) is 1. The Bertz CT molecular complexity index is 953. The van der Waals surface area contributed by atoms with Crippen LogP contribution < -0.4 is 15.1 Å². The molecule has 0 aliphatic carbocycles. The molecule has 0 atom stereocenters. The molecule has 1 aliphatic rings. The van der Waals surface area contributed by atoms with Crippen molar-refractivity contribution in [2.24, 2.45) is 0 Å². The number of thiophene rings is 1. The van der Waals surface area contributed by atoms with Crippen molar-refractivity contribution in [1.29, 1.82) is 0 Å². The summed E-state index contributed by atoms with van der Waals surface area (Å²) in [5.74, 6) is -0.0156. The van der Waals surface area contributed by atoms with Crippen LogP contribution in [0.25, 0.3) is 11.1 Å². The van der Waals surface area contributed by atoms with Crippen molar-refractivity contribution in [3.63, 3.8) is 0 Å². The Balaban J connectivity index is 1.46. The highest BCUT2D eigenvalue weighted by molar-refractivity contribution is 7.18. The maximum Gasteiger partial charge on any atom is 0.261 e. The van der Waals surface area contributed by atoms with Crippen LogP contribution in [-0.4, -0.2) is 52.3 Å². The van der Waals surface area contributed by atoms with Gasteiger partial charge in [-0.15, -0.1) is 11.3 Å². The lowest BCUT2D eigenvalue weighted by molar-refractivity contribution is 0.0959. The largest absolute Gasteiger partial charge is 0.378 e. The first-order chi connectivity index (χ1) is 14.7. The molecule has 0 radical (unpaired) electrons. The van der Waals surface area contributed by atoms with Crippen molar-refractivity contribution in [2.75, 3.05) is 56.2 Å². The first-order valence-electron chi connectivity index (χ1n) is 10.3. The number of carbonyl (C=O) groups excluding carboxylic acids is 1. The lowest BCUT2D eigenvalue weighted by Crippen LogP contribution is -2.36. The van der Waals surface area contributed by atoms with E-state index in [9.17, 15) is 4.79 Å². The summed E-state index contributed by atoms with van der Waals surface area (Å²) in [5, 5.41) is 4.23. The molecule has 0 bridgehead atoms. The number of para-hydroxylation sites is 1. The van der Waals surface area contributed by atoms with Gasteiger partial charge < -0.3 is 19.9 Å². The standard InChI is InChI=1S/C24H27N3O2S/c1-26(20-10-6-3-7-11-20)13-12-25-23(28)22-18-21(19-8-4-2-5-9-19)24(30-22)27-14-16-29-17-15-27/h2-11,18H,12-17H2,1H3,(H,25,28). The van der Waals surface area contributed by atoms with E-state index in [4.69, 9.17) is 4.74 Å². The maximum absolute atomic E-state index is 12.9. The summed E-state index contributed by atoms with van der Waals surface area (Å²) >= 11 is 1.57. The summed E-state index contributed by atoms with van der Waals surface area (Å²) < 4.78 is 5.51. The first kappa shape index (κ1) is 20.4. The Kier molecular flexibility index (Phi) is 6.67. The minimum absolute atomic E-state index is 0.0156. The summed E-state index contributed by atoms with van der Waals surface area (Å²) in [4.78, 5) is 18.1. The molecule has 0 spiro atoms. The molecule has 1 N–H and O–H groups in total. The van der Waals surface area contributed by atoms with Gasteiger partial charge in [-0.25, -0.2) is 0 Å². The molecule has 1 aromatic heterocycles. The molecule has 3 aromatic rings. The molecule has 0 unspecified atom stereocenters. The van der Waals surface area contributed by atoms with Crippen LogP contribution >= 0.6 is 11.3 Å². The highest BCUT2D eigenvalue weighted by Crippen LogP contribution is 2.39. The average Bonchev–Trinajstić information content (AvgIpc) is 3.26. The zero-order chi connectivity index (χ0) is 20.8. The Morgan fingerprint density at radius 2 is 1.73 bits per heavy atom. The quantitative estimate of drug-likeness (QED) is 0.623. The molecule has 6 heteroatoms. The van der Waals surface area contributed by atoms with E-state index in [0.717, 1.165) is 59.5 Å². The van der Waals surface area contributed by atoms with E-state index >= 15 is 0 Å². The summed E-state index contributed by atoms with van der Waals surface area (Å²) in [5.41, 5.74) is 3.40. The number of nitrogens with zero attached hydrogens (tertiary/aromatic N) is 2. The molecular formula is C24H27N3O2S. The molecule has 156 valence electrons. The number of likely N-dealkylation sites (N-methyl/N-ethyl adjacent to an activating group) is 1. The number of carbonyl (C=O) groups is 1. The van der Waals surface area contributed by atoms with Gasteiger partial charge in [0, 0.05) is 44.5 Å². The smallest absolute Gasteiger partial charge is 0.261 e. The van der Waals surface area contributed by atoms with Gasteiger partial charge in [0.1, 0.15) is 0 Å². The summed E-state index contributed by atoms with van der Waals surface area (Å²) in [6, 6.07) is 22.5. The molecular weight excluding hydrogens is 394 g/mol. The van der Waals surface area contributed by atoms with Crippen LogP contribution in [0.4, 0.5) is 10.7 Å². The zero-order valence-electron chi connectivity index (χ0n) is 17.2. The second-order valence-electron chi connectivity index (χ2n) is 7.31. The number of hydrogen-bond donors (Lipinski definition) is 1. The molecule has 1 aliphatic heterocycles. The van der Waals surface area contributed by atoms with E-state index in [1.807, 2.05) is 49.5 Å². The van der Waals surface area contributed by atoms with Gasteiger partial charge in [-0.1, -0.05) is 48.5 Å². The Morgan fingerprint density at radius 1 is 1.07 bits per heavy atom. The SMILES string of the molecule is CN(CCNC(=O)c1cc(-c2ccccc2)c(N2CCOCC2)s1)c1ccccc1. The van der Waals surface area contributed by atoms with E-state index < -0.39 is 0 Å². The van der Waals surface area contributed by atoms with Crippen molar-refractivity contribution < 1.29 is 9.53 Å². The third-order valence-electron chi connectivity index (χ3n) is 5.25. The molecule has 5 nitrogen and oxygen atoms in total. The average molecular weight is 422 g/mol. The van der Waals surface area contributed by atoms with E-state index in [2.05, 4.69) is 39.4 Å². The Hall–Kier alpha value is -2.83. The minimum Gasteiger partial charge on any atom is -0.378 e. The Morgan fingerprint density at radius 3 is 2.43 bits per heavy atom. The van der Waals surface area contributed by atoms with Gasteiger partial charge in [0.05, 0.1) is 23.1 Å². The number of rotatable bonds is 7. The highest BCUT2D eigenvalue weighted by Gasteiger charge is 2.21. The van der Waals surface area contributed by atoms with Crippen LogP contribution in [0.3, 0.4) is 0 Å². The lowest BCUT2D eigenvalue weighted by atomic mass is 10.1. The number of benzene rings is 2. The van der Waals surface area contributed by atoms with E-state index in [0.29, 0.717) is 6.54 Å². The topological polar surface area (TPSA) is 44.8 Å². The van der Waals surface area contributed by atoms with Crippen LogP contribution in [0.5, 0.6) is 0 Å². The van der Waals surface area contributed by atoms with Gasteiger partial charge in [0.15, 0.2) is 0 Å². The van der Waals surface area contributed by atoms with Crippen LogP contribution in [0.15, 0.2) is 66.7 Å². The monoisotopic (exact) mass is 421 g/mol. The van der Waals surface area contributed by atoms with E-state index in [1.54, 1.807) is 11.3 Å². The zero-order valence-corrected chi connectivity index (χ0v) is 18.0. The van der Waals surface area contributed by atoms with Gasteiger partial charge in [-0.05, 0) is 23.8 Å². The number of nitrogens with one attached hydrogen (secondary N) is 1. The molecule has 4 rings (SSSR count). The van der Waals surface area contributed by atoms with Gasteiger partial charge in [0.25, 0.3) is 5.91 Å². The van der Waals surface area contributed by atoms with Crippen molar-refractivity contribution >= 4 is 27.9 Å². The molecule has 2 heterocycles. The van der Waals surface area contributed by atoms with Crippen molar-refractivity contribution in [3.8, 4) is 11.1 Å². The lowest BCUT2D eigenvalue weighted by Gasteiger charge is -2.28. The van der Waals surface area contributed by atoms with Gasteiger partial charge in [-0.2, -0.15) is 0 Å². The summed E-state index contributed by atoms with van der Waals surface area (Å²) in [6.07, 6.45) is 0. The number of anilines is 2. The van der Waals surface area contributed by atoms with Gasteiger partial charge in [-0.3, -0.25) is 4.79 Å². The van der Waals surface area contributed by atoms with Crippen molar-refractivity contribution in [1.82, 2.24) is 5.32 Å². The normalized spacial score (nSPS) is 13.8. The highest BCUT2D eigenvalue weighted by atomic mass is 32.1. The van der Waals surface area contributed by atoms with Gasteiger partial charge in [0.2, 0.25) is 0 Å². The minimum atomic E-state index is -0.0156. The third-order valence-corrected chi connectivity index (χ3v) is 6.44. The molecule has 2 aromatic carbocycles. The van der Waals surface area contributed by atoms with Gasteiger partial charge >= 0.3 is 0 Å². The van der Waals surface area contributed by atoms with Crippen LogP contribution in [-0.2, 0) is 4.74 Å². The van der Waals surface area contributed by atoms with Crippen molar-refractivity contribution in [3.05, 3.63) is 71.6 Å². The molecule has 1 fully saturated rings. The molecule has 1 saturated heterocycles. The summed E-state index contributed by atoms with van der Waals surface area (Å²) in [7, 11) is 2.04. The number of hydrogen-bond acceptors (Lipinski definition) is 5.